The summed E-state index contributed by atoms with van der Waals surface area (Å²) in [5.74, 6) is -0.282. The maximum Gasteiger partial charge on any atom is 0.488 e. The van der Waals surface area contributed by atoms with E-state index in [9.17, 15) is 30.3 Å². The van der Waals surface area contributed by atoms with E-state index < -0.39 is 34.3 Å². The predicted molar refractivity (Wildman–Crippen MR) is 98.5 cm³/mol. The SMILES string of the molecule is CC(Cc1ccccc1C(F)(F)F)N(C)C(=O)Nc1ccc(OS(=O)(=O)F)cc1. The number of amides is 2. The Kier molecular flexibility index (Phi) is 6.73. The number of nitrogens with zero attached hydrogens (tertiary/aromatic N) is 1. The Bertz CT molecular complexity index is 963. The van der Waals surface area contributed by atoms with E-state index in [1.807, 2.05) is 0 Å². The molecule has 29 heavy (non-hydrogen) atoms. The fourth-order valence-electron chi connectivity index (χ4n) is 2.55. The van der Waals surface area contributed by atoms with Crippen molar-refractivity contribution in [1.29, 1.82) is 0 Å². The summed E-state index contributed by atoms with van der Waals surface area (Å²) < 4.78 is 76.7. The maximum absolute atomic E-state index is 13.1. The van der Waals surface area contributed by atoms with Crippen LogP contribution in [-0.4, -0.2) is 32.4 Å². The second kappa shape index (κ2) is 8.68. The topological polar surface area (TPSA) is 75.7 Å². The molecule has 0 bridgehead atoms. The van der Waals surface area contributed by atoms with Crippen LogP contribution < -0.4 is 9.50 Å². The van der Waals surface area contributed by atoms with Gasteiger partial charge in [0.2, 0.25) is 0 Å². The van der Waals surface area contributed by atoms with Crippen molar-refractivity contribution in [3.05, 3.63) is 59.7 Å². The van der Waals surface area contributed by atoms with Gasteiger partial charge in [0.1, 0.15) is 5.75 Å². The van der Waals surface area contributed by atoms with Crippen LogP contribution in [0.2, 0.25) is 0 Å². The highest BCUT2D eigenvalue weighted by Gasteiger charge is 2.33. The third kappa shape index (κ3) is 6.63. The molecule has 2 aromatic carbocycles. The number of carbonyl (C=O) groups is 1. The summed E-state index contributed by atoms with van der Waals surface area (Å²) in [7, 11) is -3.72. The van der Waals surface area contributed by atoms with Crippen molar-refractivity contribution in [2.24, 2.45) is 0 Å². The average molecular weight is 434 g/mol. The van der Waals surface area contributed by atoms with Gasteiger partial charge in [-0.25, -0.2) is 4.79 Å². The molecular weight excluding hydrogens is 416 g/mol. The number of alkyl halides is 3. The fourth-order valence-corrected chi connectivity index (χ4v) is 2.89. The Morgan fingerprint density at radius 2 is 1.72 bits per heavy atom. The minimum Gasteiger partial charge on any atom is -0.358 e. The van der Waals surface area contributed by atoms with Crippen LogP contribution in [0.15, 0.2) is 48.5 Å². The first kappa shape index (κ1) is 22.5. The van der Waals surface area contributed by atoms with Crippen LogP contribution in [0, 0.1) is 0 Å². The van der Waals surface area contributed by atoms with Gasteiger partial charge in [-0.15, -0.1) is 0 Å². The molecule has 0 spiro atoms. The number of urea groups is 1. The van der Waals surface area contributed by atoms with Crippen molar-refractivity contribution in [3.63, 3.8) is 0 Å². The lowest BCUT2D eigenvalue weighted by molar-refractivity contribution is -0.138. The van der Waals surface area contributed by atoms with Crippen molar-refractivity contribution < 1.29 is 34.5 Å². The molecule has 6 nitrogen and oxygen atoms in total. The van der Waals surface area contributed by atoms with Gasteiger partial charge < -0.3 is 14.4 Å². The number of benzene rings is 2. The number of anilines is 1. The summed E-state index contributed by atoms with van der Waals surface area (Å²) in [4.78, 5) is 13.6. The molecule has 0 aliphatic carbocycles. The van der Waals surface area contributed by atoms with Gasteiger partial charge in [0, 0.05) is 18.8 Å². The van der Waals surface area contributed by atoms with E-state index in [-0.39, 0.29) is 23.4 Å². The highest BCUT2D eigenvalue weighted by Crippen LogP contribution is 2.32. The average Bonchev–Trinajstić information content (AvgIpc) is 2.61. The summed E-state index contributed by atoms with van der Waals surface area (Å²) in [6.45, 7) is 1.61. The lowest BCUT2D eigenvalue weighted by Crippen LogP contribution is -2.39. The molecule has 0 heterocycles. The van der Waals surface area contributed by atoms with Crippen molar-refractivity contribution in [3.8, 4) is 5.75 Å². The van der Waals surface area contributed by atoms with Gasteiger partial charge in [0.15, 0.2) is 0 Å². The molecule has 0 saturated heterocycles. The first-order chi connectivity index (χ1) is 13.4. The molecular formula is C18H18F4N2O4S. The van der Waals surface area contributed by atoms with E-state index in [4.69, 9.17) is 0 Å². The zero-order valence-corrected chi connectivity index (χ0v) is 16.2. The molecule has 11 heteroatoms. The van der Waals surface area contributed by atoms with Gasteiger partial charge in [-0.05, 0) is 49.2 Å². The Balaban J connectivity index is 2.03. The van der Waals surface area contributed by atoms with E-state index in [1.54, 1.807) is 6.92 Å². The predicted octanol–water partition coefficient (Wildman–Crippen LogP) is 4.39. The molecule has 0 aliphatic heterocycles. The second-order valence-electron chi connectivity index (χ2n) is 6.25. The minimum atomic E-state index is -5.16. The van der Waals surface area contributed by atoms with E-state index >= 15 is 0 Å². The zero-order valence-electron chi connectivity index (χ0n) is 15.4. The number of hydrogen-bond acceptors (Lipinski definition) is 4. The maximum atomic E-state index is 13.1. The molecule has 158 valence electrons. The number of nitrogens with one attached hydrogen (secondary N) is 1. The summed E-state index contributed by atoms with van der Waals surface area (Å²) in [5.41, 5.74) is -0.423. The fraction of sp³-hybridized carbons (Fsp3) is 0.278. The summed E-state index contributed by atoms with van der Waals surface area (Å²) in [6.07, 6.45) is -4.51. The number of carbonyl (C=O) groups excluding carboxylic acids is 1. The van der Waals surface area contributed by atoms with Crippen LogP contribution in [-0.2, 0) is 23.1 Å². The standard InChI is InChI=1S/C18H18F4N2O4S/c1-12(11-13-5-3-4-6-16(13)18(19,20)21)24(2)17(25)23-14-7-9-15(10-8-14)28-29(22,26)27/h3-10,12H,11H2,1-2H3,(H,23,25). The largest absolute Gasteiger partial charge is 0.488 e. The number of likely N-dealkylation sites (N-methyl/N-ethyl adjacent to an activating group) is 1. The Morgan fingerprint density at radius 3 is 2.28 bits per heavy atom. The van der Waals surface area contributed by atoms with Crippen molar-refractivity contribution >= 4 is 22.2 Å². The molecule has 1 unspecified atom stereocenters. The van der Waals surface area contributed by atoms with Crippen LogP contribution in [0.5, 0.6) is 5.75 Å². The number of hydrogen-bond donors (Lipinski definition) is 1. The monoisotopic (exact) mass is 434 g/mol. The molecule has 1 atom stereocenters. The Morgan fingerprint density at radius 1 is 1.14 bits per heavy atom. The highest BCUT2D eigenvalue weighted by atomic mass is 32.3. The molecule has 0 fully saturated rings. The number of rotatable bonds is 6. The van der Waals surface area contributed by atoms with Gasteiger partial charge in [-0.2, -0.15) is 21.6 Å². The quantitative estimate of drug-likeness (QED) is 0.540. The van der Waals surface area contributed by atoms with Crippen LogP contribution in [0.3, 0.4) is 0 Å². The molecule has 0 radical (unpaired) electrons. The second-order valence-corrected chi connectivity index (χ2v) is 7.20. The van der Waals surface area contributed by atoms with E-state index in [2.05, 4.69) is 9.50 Å². The van der Waals surface area contributed by atoms with E-state index in [1.165, 1.54) is 42.3 Å². The van der Waals surface area contributed by atoms with Crippen molar-refractivity contribution in [2.75, 3.05) is 12.4 Å². The third-order valence-electron chi connectivity index (χ3n) is 4.12. The Hall–Kier alpha value is -2.82. The molecule has 0 aliphatic rings. The molecule has 2 rings (SSSR count). The van der Waals surface area contributed by atoms with Crippen LogP contribution >= 0.6 is 0 Å². The first-order valence-corrected chi connectivity index (χ1v) is 9.60. The van der Waals surface area contributed by atoms with Crippen LogP contribution in [0.1, 0.15) is 18.1 Å². The van der Waals surface area contributed by atoms with Crippen LogP contribution in [0.25, 0.3) is 0 Å². The molecule has 0 aromatic heterocycles. The normalized spacial score (nSPS) is 12.9. The smallest absolute Gasteiger partial charge is 0.358 e. The summed E-state index contributed by atoms with van der Waals surface area (Å²) in [5, 5.41) is 2.51. The van der Waals surface area contributed by atoms with Crippen molar-refractivity contribution in [2.45, 2.75) is 25.6 Å². The first-order valence-electron chi connectivity index (χ1n) is 8.30. The molecule has 0 saturated carbocycles. The number of halogens is 4. The highest BCUT2D eigenvalue weighted by molar-refractivity contribution is 7.81. The summed E-state index contributed by atoms with van der Waals surface area (Å²) in [6, 6.07) is 8.85. The third-order valence-corrected chi connectivity index (χ3v) is 4.51. The molecule has 2 aromatic rings. The molecule has 2 amide bonds. The van der Waals surface area contributed by atoms with Gasteiger partial charge in [0.25, 0.3) is 0 Å². The van der Waals surface area contributed by atoms with E-state index in [0.29, 0.717) is 0 Å². The van der Waals surface area contributed by atoms with Gasteiger partial charge in [-0.1, -0.05) is 22.1 Å². The van der Waals surface area contributed by atoms with E-state index in [0.717, 1.165) is 18.2 Å². The van der Waals surface area contributed by atoms with Gasteiger partial charge >= 0.3 is 22.7 Å². The van der Waals surface area contributed by atoms with Crippen molar-refractivity contribution in [1.82, 2.24) is 4.90 Å². The lowest BCUT2D eigenvalue weighted by atomic mass is 10.00. The zero-order chi connectivity index (χ0) is 21.8. The Labute approximate surface area is 165 Å². The summed E-state index contributed by atoms with van der Waals surface area (Å²) >= 11 is 0. The minimum absolute atomic E-state index is 0.0132. The van der Waals surface area contributed by atoms with Gasteiger partial charge in [0.05, 0.1) is 5.56 Å². The lowest BCUT2D eigenvalue weighted by Gasteiger charge is -2.26. The van der Waals surface area contributed by atoms with Crippen LogP contribution in [0.4, 0.5) is 27.5 Å². The van der Waals surface area contributed by atoms with Gasteiger partial charge in [-0.3, -0.25) is 0 Å². The molecule has 1 N–H and O–H groups in total.